The number of pyridine rings is 1. The van der Waals surface area contributed by atoms with Gasteiger partial charge in [-0.05, 0) is 24.3 Å². The number of ether oxygens (including phenoxy) is 2. The Bertz CT molecular complexity index is 1100. The summed E-state index contributed by atoms with van der Waals surface area (Å²) in [6.45, 7) is 3.62. The van der Waals surface area contributed by atoms with Gasteiger partial charge in [0.05, 0.1) is 35.4 Å². The number of hydrogen-bond donors (Lipinski definition) is 2. The van der Waals surface area contributed by atoms with Gasteiger partial charge in [-0.2, -0.15) is 23.1 Å². The zero-order valence-electron chi connectivity index (χ0n) is 17.4. The third-order valence-corrected chi connectivity index (χ3v) is 5.17. The minimum atomic E-state index is -4.59. The fraction of sp³-hybridized carbons (Fsp3) is 0.381. The highest BCUT2D eigenvalue weighted by Gasteiger charge is 2.35. The monoisotopic (exact) mass is 448 g/mol. The summed E-state index contributed by atoms with van der Waals surface area (Å²) in [4.78, 5) is 14.7. The Balaban J connectivity index is 1.72. The molecule has 2 aromatic heterocycles. The van der Waals surface area contributed by atoms with Crippen LogP contribution in [0.5, 0.6) is 5.75 Å². The topological polar surface area (TPSA) is 98.4 Å². The minimum Gasteiger partial charge on any atom is -0.492 e. The molecular weight excluding hydrogens is 425 g/mol. The van der Waals surface area contributed by atoms with E-state index < -0.39 is 11.7 Å². The van der Waals surface area contributed by atoms with Gasteiger partial charge in [-0.15, -0.1) is 0 Å². The first-order chi connectivity index (χ1) is 15.4. The Morgan fingerprint density at radius 3 is 2.62 bits per heavy atom. The van der Waals surface area contributed by atoms with Crippen molar-refractivity contribution in [1.29, 1.82) is 0 Å². The van der Waals surface area contributed by atoms with E-state index in [1.807, 2.05) is 0 Å². The van der Waals surface area contributed by atoms with Crippen LogP contribution >= 0.6 is 0 Å². The molecule has 3 heterocycles. The fourth-order valence-corrected chi connectivity index (χ4v) is 3.62. The van der Waals surface area contributed by atoms with Crippen molar-refractivity contribution in [2.24, 2.45) is 0 Å². The maximum Gasteiger partial charge on any atom is 0.417 e. The predicted octanol–water partition coefficient (Wildman–Crippen LogP) is 3.05. The number of alkyl halides is 3. The summed E-state index contributed by atoms with van der Waals surface area (Å²) in [7, 11) is 1.66. The van der Waals surface area contributed by atoms with E-state index >= 15 is 0 Å². The lowest BCUT2D eigenvalue weighted by atomic mass is 10.0. The number of halogens is 3. The lowest BCUT2D eigenvalue weighted by Gasteiger charge is -2.26. The van der Waals surface area contributed by atoms with Crippen LogP contribution in [0.15, 0.2) is 30.3 Å². The number of nitrogens with zero attached hydrogens (tertiary/aromatic N) is 4. The molecule has 11 heteroatoms. The Labute approximate surface area is 182 Å². The molecule has 0 spiro atoms. The van der Waals surface area contributed by atoms with Crippen molar-refractivity contribution in [2.75, 3.05) is 57.6 Å². The number of nitrogen functional groups attached to an aromatic ring is 1. The first-order valence-electron chi connectivity index (χ1n) is 10.1. The van der Waals surface area contributed by atoms with Crippen molar-refractivity contribution >= 4 is 22.8 Å². The summed E-state index contributed by atoms with van der Waals surface area (Å²) in [5.41, 5.74) is 5.05. The lowest BCUT2D eigenvalue weighted by molar-refractivity contribution is -0.137. The molecule has 0 atom stereocenters. The largest absolute Gasteiger partial charge is 0.492 e. The average molecular weight is 448 g/mol. The fourth-order valence-electron chi connectivity index (χ4n) is 3.62. The number of nitrogens with one attached hydrogen (secondary N) is 1. The van der Waals surface area contributed by atoms with Gasteiger partial charge in [0.1, 0.15) is 18.2 Å². The van der Waals surface area contributed by atoms with Gasteiger partial charge < -0.3 is 20.5 Å². The highest BCUT2D eigenvalue weighted by atomic mass is 19.4. The van der Waals surface area contributed by atoms with Crippen molar-refractivity contribution in [3.05, 3.63) is 35.9 Å². The zero-order chi connectivity index (χ0) is 22.7. The summed E-state index contributed by atoms with van der Waals surface area (Å²) in [5.74, 6) is 0.519. The van der Waals surface area contributed by atoms with Gasteiger partial charge in [-0.25, -0.2) is 4.98 Å². The number of benzene rings is 1. The standard InChI is InChI=1S/C21H23F3N6O2/c1-26-18-13-5-6-15(27-19(13)29-20(25)28-18)17-14(21(22,23)24)3-2-4-16(17)32-12-9-30-7-10-31-11-8-30/h2-6H,7-12H2,1H3,(H3,25,26,27,28,29). The summed E-state index contributed by atoms with van der Waals surface area (Å²) in [6.07, 6.45) is -4.59. The zero-order valence-corrected chi connectivity index (χ0v) is 17.4. The van der Waals surface area contributed by atoms with Gasteiger partial charge in [0.25, 0.3) is 0 Å². The molecule has 0 amide bonds. The van der Waals surface area contributed by atoms with E-state index in [9.17, 15) is 13.2 Å². The first-order valence-corrected chi connectivity index (χ1v) is 10.1. The number of fused-ring (bicyclic) bond motifs is 1. The van der Waals surface area contributed by atoms with Crippen LogP contribution in [0, 0.1) is 0 Å². The molecule has 0 bridgehead atoms. The van der Waals surface area contributed by atoms with Gasteiger partial charge in [0.2, 0.25) is 5.95 Å². The van der Waals surface area contributed by atoms with E-state index in [0.717, 1.165) is 19.2 Å². The van der Waals surface area contributed by atoms with Gasteiger partial charge in [0.15, 0.2) is 5.65 Å². The summed E-state index contributed by atoms with van der Waals surface area (Å²) < 4.78 is 52.7. The molecule has 4 rings (SSSR count). The van der Waals surface area contributed by atoms with Gasteiger partial charge in [-0.3, -0.25) is 4.90 Å². The van der Waals surface area contributed by atoms with Crippen molar-refractivity contribution in [1.82, 2.24) is 19.9 Å². The molecule has 32 heavy (non-hydrogen) atoms. The Hall–Kier alpha value is -3.18. The van der Waals surface area contributed by atoms with Gasteiger partial charge >= 0.3 is 6.18 Å². The van der Waals surface area contributed by atoms with E-state index in [0.29, 0.717) is 31.0 Å². The second-order valence-corrected chi connectivity index (χ2v) is 7.23. The van der Waals surface area contributed by atoms with Crippen LogP contribution < -0.4 is 15.8 Å². The number of rotatable bonds is 6. The van der Waals surface area contributed by atoms with Crippen LogP contribution in [0.2, 0.25) is 0 Å². The van der Waals surface area contributed by atoms with Crippen LogP contribution in [0.25, 0.3) is 22.3 Å². The van der Waals surface area contributed by atoms with Gasteiger partial charge in [-0.1, -0.05) is 6.07 Å². The lowest BCUT2D eigenvalue weighted by Crippen LogP contribution is -2.38. The molecule has 3 N–H and O–H groups in total. The molecule has 3 aromatic rings. The molecule has 0 radical (unpaired) electrons. The highest BCUT2D eigenvalue weighted by Crippen LogP contribution is 2.42. The van der Waals surface area contributed by atoms with Crippen molar-refractivity contribution < 1.29 is 22.6 Å². The predicted molar refractivity (Wildman–Crippen MR) is 114 cm³/mol. The van der Waals surface area contributed by atoms with E-state index in [1.165, 1.54) is 18.2 Å². The molecule has 1 aliphatic rings. The van der Waals surface area contributed by atoms with Crippen molar-refractivity contribution in [3.8, 4) is 17.0 Å². The summed E-state index contributed by atoms with van der Waals surface area (Å²) in [5, 5.41) is 3.43. The molecule has 0 unspecified atom stereocenters. The molecule has 170 valence electrons. The quantitative estimate of drug-likeness (QED) is 0.594. The molecule has 0 saturated carbocycles. The minimum absolute atomic E-state index is 0.0300. The third kappa shape index (κ3) is 4.68. The third-order valence-electron chi connectivity index (χ3n) is 5.17. The SMILES string of the molecule is CNc1nc(N)nc2nc(-c3c(OCCN4CCOCC4)cccc3C(F)(F)F)ccc12. The van der Waals surface area contributed by atoms with Gasteiger partial charge in [0, 0.05) is 26.7 Å². The number of anilines is 2. The van der Waals surface area contributed by atoms with Crippen molar-refractivity contribution in [3.63, 3.8) is 0 Å². The number of nitrogens with two attached hydrogens (primary N) is 1. The molecule has 8 nitrogen and oxygen atoms in total. The smallest absolute Gasteiger partial charge is 0.417 e. The number of morpholine rings is 1. The van der Waals surface area contributed by atoms with Crippen LogP contribution in [-0.2, 0) is 10.9 Å². The highest BCUT2D eigenvalue weighted by molar-refractivity contribution is 5.89. The molecule has 1 aliphatic heterocycles. The first kappa shape index (κ1) is 22.0. The van der Waals surface area contributed by atoms with Crippen LogP contribution in [0.4, 0.5) is 24.9 Å². The van der Waals surface area contributed by atoms with E-state index in [-0.39, 0.29) is 35.2 Å². The van der Waals surface area contributed by atoms with E-state index in [2.05, 4.69) is 25.2 Å². The maximum atomic E-state index is 13.9. The number of hydrogen-bond acceptors (Lipinski definition) is 8. The van der Waals surface area contributed by atoms with Crippen LogP contribution in [-0.4, -0.2) is 66.4 Å². The molecule has 1 aromatic carbocycles. The normalized spacial score (nSPS) is 15.1. The number of aromatic nitrogens is 3. The second kappa shape index (κ2) is 9.13. The molecule has 0 aliphatic carbocycles. The Kier molecular flexibility index (Phi) is 6.28. The van der Waals surface area contributed by atoms with Crippen LogP contribution in [0.1, 0.15) is 5.56 Å². The second-order valence-electron chi connectivity index (χ2n) is 7.23. The summed E-state index contributed by atoms with van der Waals surface area (Å²) in [6, 6.07) is 6.99. The maximum absolute atomic E-state index is 13.9. The van der Waals surface area contributed by atoms with E-state index in [1.54, 1.807) is 13.1 Å². The molecule has 1 fully saturated rings. The van der Waals surface area contributed by atoms with Crippen LogP contribution in [0.3, 0.4) is 0 Å². The molecular formula is C21H23F3N6O2. The Morgan fingerprint density at radius 2 is 1.91 bits per heavy atom. The van der Waals surface area contributed by atoms with E-state index in [4.69, 9.17) is 15.2 Å². The summed E-state index contributed by atoms with van der Waals surface area (Å²) >= 11 is 0. The average Bonchev–Trinajstić information content (AvgIpc) is 2.78. The molecule has 1 saturated heterocycles. The van der Waals surface area contributed by atoms with Crippen molar-refractivity contribution in [2.45, 2.75) is 6.18 Å². The Morgan fingerprint density at radius 1 is 1.12 bits per heavy atom.